The zero-order valence-electron chi connectivity index (χ0n) is 16.8. The zero-order chi connectivity index (χ0) is 22.0. The predicted molar refractivity (Wildman–Crippen MR) is 123 cm³/mol. The number of carbonyl (C=O) groups is 2. The number of nitrogens with two attached hydrogens (primary N) is 1. The maximum atomic E-state index is 12.4. The van der Waals surface area contributed by atoms with Gasteiger partial charge in [-0.05, 0) is 36.4 Å². The molecule has 2 heterocycles. The number of fused-ring (bicyclic) bond motifs is 1. The summed E-state index contributed by atoms with van der Waals surface area (Å²) in [6.45, 7) is 1.47. The van der Waals surface area contributed by atoms with Crippen LogP contribution in [0.2, 0.25) is 0 Å². The molecule has 0 spiro atoms. The number of nitrogens with one attached hydrogen (secondary N) is 2. The molecule has 0 atom stereocenters. The molecule has 0 saturated heterocycles. The lowest BCUT2D eigenvalue weighted by molar-refractivity contribution is 0.102. The minimum absolute atomic E-state index is 0.114. The average Bonchev–Trinajstić information content (AvgIpc) is 3.11. The van der Waals surface area contributed by atoms with E-state index in [0.717, 1.165) is 5.56 Å². The first-order chi connectivity index (χ1) is 15.0. The second-order valence-corrected chi connectivity index (χ2v) is 7.69. The molecule has 4 aromatic rings. The van der Waals surface area contributed by atoms with Crippen molar-refractivity contribution in [3.8, 4) is 17.0 Å². The summed E-state index contributed by atoms with van der Waals surface area (Å²) in [4.78, 5) is 34.0. The van der Waals surface area contributed by atoms with Gasteiger partial charge in [-0.25, -0.2) is 14.8 Å². The molecular formula is C22H19N5O3S. The lowest BCUT2D eigenvalue weighted by atomic mass is 10.1. The highest BCUT2D eigenvalue weighted by Gasteiger charge is 2.18. The van der Waals surface area contributed by atoms with Gasteiger partial charge < -0.3 is 21.1 Å². The van der Waals surface area contributed by atoms with Gasteiger partial charge in [0, 0.05) is 23.9 Å². The third kappa shape index (κ3) is 4.17. The van der Waals surface area contributed by atoms with Crippen LogP contribution in [-0.2, 0) is 0 Å². The van der Waals surface area contributed by atoms with E-state index in [4.69, 9.17) is 10.5 Å². The summed E-state index contributed by atoms with van der Waals surface area (Å²) >= 11 is 1.25. The van der Waals surface area contributed by atoms with E-state index in [0.29, 0.717) is 43.6 Å². The largest absolute Gasteiger partial charge is 0.497 e. The van der Waals surface area contributed by atoms with E-state index in [1.807, 2.05) is 6.07 Å². The summed E-state index contributed by atoms with van der Waals surface area (Å²) in [6.07, 6.45) is 1.44. The van der Waals surface area contributed by atoms with Crippen LogP contribution in [0.3, 0.4) is 0 Å². The van der Waals surface area contributed by atoms with Gasteiger partial charge in [-0.2, -0.15) is 0 Å². The Hall–Kier alpha value is -3.98. The summed E-state index contributed by atoms with van der Waals surface area (Å²) in [5, 5.41) is 6.21. The number of amides is 2. The molecule has 0 fully saturated rings. The molecule has 0 saturated carbocycles. The molecule has 8 nitrogen and oxygen atoms in total. The van der Waals surface area contributed by atoms with Crippen LogP contribution < -0.4 is 21.1 Å². The number of carbonyl (C=O) groups excluding carboxylic acids is 2. The summed E-state index contributed by atoms with van der Waals surface area (Å²) in [6, 6.07) is 13.9. The number of Topliss-reactive ketones (excluding diaryl/α,β-unsaturated/α-hetero) is 1. The minimum Gasteiger partial charge on any atom is -0.497 e. The molecule has 31 heavy (non-hydrogen) atoms. The van der Waals surface area contributed by atoms with Crippen LogP contribution in [0.15, 0.2) is 54.9 Å². The first kappa shape index (κ1) is 20.3. The van der Waals surface area contributed by atoms with Gasteiger partial charge in [0.25, 0.3) is 0 Å². The maximum Gasteiger partial charge on any atom is 0.323 e. The van der Waals surface area contributed by atoms with Gasteiger partial charge in [0.15, 0.2) is 5.78 Å². The molecular weight excluding hydrogens is 414 g/mol. The number of ether oxygens (including phenoxy) is 1. The molecule has 9 heteroatoms. The number of rotatable bonds is 5. The van der Waals surface area contributed by atoms with Gasteiger partial charge in [-0.15, -0.1) is 11.3 Å². The Bertz CT molecular complexity index is 1280. The summed E-state index contributed by atoms with van der Waals surface area (Å²) < 4.78 is 5.11. The Morgan fingerprint density at radius 1 is 1.03 bits per heavy atom. The van der Waals surface area contributed by atoms with Crippen LogP contribution in [0, 0.1) is 0 Å². The van der Waals surface area contributed by atoms with E-state index in [-0.39, 0.29) is 11.8 Å². The maximum absolute atomic E-state index is 12.4. The lowest BCUT2D eigenvalue weighted by Gasteiger charge is -2.10. The third-order valence-electron chi connectivity index (χ3n) is 4.59. The van der Waals surface area contributed by atoms with E-state index in [2.05, 4.69) is 20.6 Å². The topological polar surface area (TPSA) is 119 Å². The van der Waals surface area contributed by atoms with Crippen LogP contribution in [0.5, 0.6) is 5.75 Å². The van der Waals surface area contributed by atoms with Crippen molar-refractivity contribution < 1.29 is 14.3 Å². The van der Waals surface area contributed by atoms with Crippen molar-refractivity contribution in [3.63, 3.8) is 0 Å². The standard InChI is InChI=1S/C22H19N5O3S/c1-12(28)20-18(23)17-19(24-11-25-21(17)31-20)13-4-3-5-15(10-13)27-22(29)26-14-6-8-16(30-2)9-7-14/h3-11H,23H2,1-2H3,(H2,26,27,29). The smallest absolute Gasteiger partial charge is 0.323 e. The van der Waals surface area contributed by atoms with Crippen LogP contribution >= 0.6 is 11.3 Å². The van der Waals surface area contributed by atoms with E-state index in [1.54, 1.807) is 49.6 Å². The number of thiophene rings is 1. The number of nitrogens with zero attached hydrogens (tertiary/aromatic N) is 2. The Morgan fingerprint density at radius 3 is 2.48 bits per heavy atom. The van der Waals surface area contributed by atoms with Crippen LogP contribution in [0.4, 0.5) is 21.9 Å². The van der Waals surface area contributed by atoms with Crippen molar-refractivity contribution in [1.29, 1.82) is 0 Å². The Balaban J connectivity index is 1.60. The predicted octanol–water partition coefficient (Wildman–Crippen LogP) is 4.80. The number of ketones is 1. The first-order valence-corrected chi connectivity index (χ1v) is 10.1. The van der Waals surface area contributed by atoms with Gasteiger partial charge in [-0.3, -0.25) is 4.79 Å². The van der Waals surface area contributed by atoms with Crippen LogP contribution in [-0.4, -0.2) is 28.9 Å². The quantitative estimate of drug-likeness (QED) is 0.389. The van der Waals surface area contributed by atoms with Crippen molar-refractivity contribution in [2.45, 2.75) is 6.92 Å². The third-order valence-corrected chi connectivity index (χ3v) is 5.80. The zero-order valence-corrected chi connectivity index (χ0v) is 17.6. The molecule has 0 unspecified atom stereocenters. The number of hydrogen-bond donors (Lipinski definition) is 3. The molecule has 2 aromatic heterocycles. The first-order valence-electron chi connectivity index (χ1n) is 9.32. The van der Waals surface area contributed by atoms with Crippen molar-refractivity contribution in [3.05, 3.63) is 59.7 Å². The summed E-state index contributed by atoms with van der Waals surface area (Å²) in [5.41, 5.74) is 9.16. The van der Waals surface area contributed by atoms with Gasteiger partial charge >= 0.3 is 6.03 Å². The molecule has 156 valence electrons. The summed E-state index contributed by atoms with van der Waals surface area (Å²) in [7, 11) is 1.58. The molecule has 4 rings (SSSR count). The highest BCUT2D eigenvalue weighted by molar-refractivity contribution is 7.21. The second kappa shape index (κ2) is 8.41. The SMILES string of the molecule is COc1ccc(NC(=O)Nc2cccc(-c3ncnc4sc(C(C)=O)c(N)c34)c2)cc1. The van der Waals surface area contributed by atoms with Crippen molar-refractivity contribution in [2.24, 2.45) is 0 Å². The number of aromatic nitrogens is 2. The normalized spacial score (nSPS) is 10.6. The molecule has 2 aromatic carbocycles. The highest BCUT2D eigenvalue weighted by atomic mass is 32.1. The fourth-order valence-electron chi connectivity index (χ4n) is 3.15. The molecule has 0 aliphatic rings. The van der Waals surface area contributed by atoms with Crippen molar-refractivity contribution in [1.82, 2.24) is 9.97 Å². The molecule has 4 N–H and O–H groups in total. The molecule has 0 aliphatic heterocycles. The van der Waals surface area contributed by atoms with Gasteiger partial charge in [-0.1, -0.05) is 12.1 Å². The lowest BCUT2D eigenvalue weighted by Crippen LogP contribution is -2.19. The molecule has 0 bridgehead atoms. The number of benzene rings is 2. The molecule has 0 aliphatic carbocycles. The Labute approximate surface area is 182 Å². The molecule has 0 radical (unpaired) electrons. The van der Waals surface area contributed by atoms with Gasteiger partial charge in [0.2, 0.25) is 0 Å². The highest BCUT2D eigenvalue weighted by Crippen LogP contribution is 2.38. The van der Waals surface area contributed by atoms with E-state index < -0.39 is 0 Å². The Morgan fingerprint density at radius 2 is 1.77 bits per heavy atom. The second-order valence-electron chi connectivity index (χ2n) is 6.69. The number of methoxy groups -OCH3 is 1. The van der Waals surface area contributed by atoms with Gasteiger partial charge in [0.1, 0.15) is 16.9 Å². The fraction of sp³-hybridized carbons (Fsp3) is 0.0909. The molecule has 2 amide bonds. The van der Waals surface area contributed by atoms with Crippen LogP contribution in [0.25, 0.3) is 21.5 Å². The summed E-state index contributed by atoms with van der Waals surface area (Å²) in [5.74, 6) is 0.590. The Kier molecular flexibility index (Phi) is 5.50. The van der Waals surface area contributed by atoms with E-state index >= 15 is 0 Å². The number of urea groups is 1. The van der Waals surface area contributed by atoms with Gasteiger partial charge in [0.05, 0.1) is 28.8 Å². The minimum atomic E-state index is -0.385. The van der Waals surface area contributed by atoms with Crippen molar-refractivity contribution in [2.75, 3.05) is 23.5 Å². The van der Waals surface area contributed by atoms with Crippen molar-refractivity contribution >= 4 is 50.4 Å². The fourth-order valence-corrected chi connectivity index (χ4v) is 4.10. The monoisotopic (exact) mass is 433 g/mol. The average molecular weight is 433 g/mol. The number of anilines is 3. The number of hydrogen-bond acceptors (Lipinski definition) is 7. The van der Waals surface area contributed by atoms with E-state index in [9.17, 15) is 9.59 Å². The van der Waals surface area contributed by atoms with Crippen LogP contribution in [0.1, 0.15) is 16.6 Å². The number of nitrogen functional groups attached to an aromatic ring is 1. The van der Waals surface area contributed by atoms with E-state index in [1.165, 1.54) is 24.6 Å².